The van der Waals surface area contributed by atoms with Crippen LogP contribution in [0.2, 0.25) is 0 Å². The van der Waals surface area contributed by atoms with Crippen LogP contribution in [0.1, 0.15) is 33.1 Å². The number of ether oxygens (including phenoxy) is 1. The van der Waals surface area contributed by atoms with Crippen LogP contribution in [0.5, 0.6) is 5.75 Å². The van der Waals surface area contributed by atoms with Gasteiger partial charge in [0, 0.05) is 50.3 Å². The Balaban J connectivity index is 1.43. The Morgan fingerprint density at radius 2 is 1.84 bits per heavy atom. The summed E-state index contributed by atoms with van der Waals surface area (Å²) >= 11 is 0. The second-order valence-corrected chi connectivity index (χ2v) is 8.87. The molecule has 170 valence electrons. The maximum absolute atomic E-state index is 13.3. The molecule has 0 bridgehead atoms. The Morgan fingerprint density at radius 1 is 1.09 bits per heavy atom. The van der Waals surface area contributed by atoms with Crippen molar-refractivity contribution in [1.82, 2.24) is 15.2 Å². The van der Waals surface area contributed by atoms with Gasteiger partial charge in [-0.1, -0.05) is 13.8 Å². The first-order chi connectivity index (χ1) is 15.5. The van der Waals surface area contributed by atoms with E-state index in [0.29, 0.717) is 6.54 Å². The van der Waals surface area contributed by atoms with E-state index >= 15 is 0 Å². The predicted octanol–water partition coefficient (Wildman–Crippen LogP) is 3.38. The lowest BCUT2D eigenvalue weighted by molar-refractivity contribution is -0.136. The average molecular weight is 437 g/mol. The van der Waals surface area contributed by atoms with Crippen molar-refractivity contribution < 1.29 is 14.3 Å². The van der Waals surface area contributed by atoms with Gasteiger partial charge in [-0.2, -0.15) is 0 Å². The monoisotopic (exact) mass is 436 g/mol. The van der Waals surface area contributed by atoms with Gasteiger partial charge in [0.15, 0.2) is 0 Å². The van der Waals surface area contributed by atoms with Crippen molar-refractivity contribution in [2.45, 2.75) is 39.2 Å². The summed E-state index contributed by atoms with van der Waals surface area (Å²) < 4.78 is 6.18. The minimum atomic E-state index is -0.0372. The lowest BCUT2D eigenvalue weighted by Crippen LogP contribution is -2.43. The third kappa shape index (κ3) is 5.10. The third-order valence-corrected chi connectivity index (χ3v) is 6.18. The van der Waals surface area contributed by atoms with Gasteiger partial charge in [0.1, 0.15) is 11.9 Å². The second kappa shape index (κ2) is 10.1. The fourth-order valence-corrected chi connectivity index (χ4v) is 4.36. The van der Waals surface area contributed by atoms with E-state index in [2.05, 4.69) is 10.3 Å². The number of benzene rings is 1. The number of piperidine rings is 1. The molecular formula is C25H32N4O3. The van der Waals surface area contributed by atoms with Crippen LogP contribution < -0.4 is 15.0 Å². The molecule has 2 amide bonds. The SMILES string of the molecule is CC(C)C(=O)N1CCC(Oc2ccc(N(C(=O)[C@H]3CCNC3)c3cccnc3)cc2)CC1. The number of amides is 2. The molecule has 4 rings (SSSR count). The fourth-order valence-electron chi connectivity index (χ4n) is 4.36. The van der Waals surface area contributed by atoms with Crippen LogP contribution in [0.25, 0.3) is 0 Å². The van der Waals surface area contributed by atoms with Crippen molar-refractivity contribution >= 4 is 23.2 Å². The minimum Gasteiger partial charge on any atom is -0.490 e. The summed E-state index contributed by atoms with van der Waals surface area (Å²) in [5.74, 6) is 1.07. The van der Waals surface area contributed by atoms with E-state index in [4.69, 9.17) is 4.74 Å². The topological polar surface area (TPSA) is 74.8 Å². The van der Waals surface area contributed by atoms with Crippen LogP contribution in [-0.4, -0.2) is 54.0 Å². The molecule has 2 aliphatic rings. The number of hydrogen-bond acceptors (Lipinski definition) is 5. The first-order valence-electron chi connectivity index (χ1n) is 11.5. The molecule has 1 atom stereocenters. The van der Waals surface area contributed by atoms with Crippen molar-refractivity contribution in [3.8, 4) is 5.75 Å². The highest BCUT2D eigenvalue weighted by Gasteiger charge is 2.29. The molecule has 2 aliphatic heterocycles. The summed E-state index contributed by atoms with van der Waals surface area (Å²) in [6.45, 7) is 6.92. The highest BCUT2D eigenvalue weighted by Crippen LogP contribution is 2.30. The Morgan fingerprint density at radius 3 is 2.44 bits per heavy atom. The normalized spacial score (nSPS) is 19.2. The van der Waals surface area contributed by atoms with Gasteiger partial charge in [-0.15, -0.1) is 0 Å². The molecule has 1 N–H and O–H groups in total. The number of rotatable bonds is 6. The molecule has 1 aromatic heterocycles. The number of carbonyl (C=O) groups is 2. The molecule has 7 nitrogen and oxygen atoms in total. The highest BCUT2D eigenvalue weighted by atomic mass is 16.5. The first kappa shape index (κ1) is 22.3. The van der Waals surface area contributed by atoms with Gasteiger partial charge in [-0.3, -0.25) is 19.5 Å². The van der Waals surface area contributed by atoms with Gasteiger partial charge in [0.05, 0.1) is 17.8 Å². The molecule has 2 aromatic rings. The van der Waals surface area contributed by atoms with Crippen molar-refractivity contribution in [3.63, 3.8) is 0 Å². The minimum absolute atomic E-state index is 0.0329. The van der Waals surface area contributed by atoms with Crippen LogP contribution in [-0.2, 0) is 9.59 Å². The molecule has 2 fully saturated rings. The van der Waals surface area contributed by atoms with Crippen molar-refractivity contribution in [2.75, 3.05) is 31.1 Å². The number of carbonyl (C=O) groups excluding carboxylic acids is 2. The zero-order chi connectivity index (χ0) is 22.5. The Bertz CT molecular complexity index is 903. The number of nitrogens with one attached hydrogen (secondary N) is 1. The maximum atomic E-state index is 13.3. The van der Waals surface area contributed by atoms with Crippen LogP contribution in [0.15, 0.2) is 48.8 Å². The number of hydrogen-bond donors (Lipinski definition) is 1. The van der Waals surface area contributed by atoms with E-state index in [9.17, 15) is 9.59 Å². The molecule has 3 heterocycles. The molecule has 32 heavy (non-hydrogen) atoms. The van der Waals surface area contributed by atoms with Crippen molar-refractivity contribution in [3.05, 3.63) is 48.8 Å². The molecule has 0 radical (unpaired) electrons. The number of pyridine rings is 1. The summed E-state index contributed by atoms with van der Waals surface area (Å²) in [5, 5.41) is 3.27. The molecule has 0 unspecified atom stereocenters. The van der Waals surface area contributed by atoms with Crippen LogP contribution in [0.4, 0.5) is 11.4 Å². The van der Waals surface area contributed by atoms with Gasteiger partial charge in [0.25, 0.3) is 0 Å². The van der Waals surface area contributed by atoms with E-state index in [1.807, 2.05) is 55.1 Å². The smallest absolute Gasteiger partial charge is 0.236 e. The lowest BCUT2D eigenvalue weighted by Gasteiger charge is -2.33. The number of nitrogens with zero attached hydrogens (tertiary/aromatic N) is 3. The maximum Gasteiger partial charge on any atom is 0.236 e. The van der Waals surface area contributed by atoms with E-state index in [0.717, 1.165) is 56.0 Å². The van der Waals surface area contributed by atoms with E-state index in [1.165, 1.54) is 0 Å². The molecule has 0 saturated carbocycles. The zero-order valence-corrected chi connectivity index (χ0v) is 18.9. The third-order valence-electron chi connectivity index (χ3n) is 6.18. The predicted molar refractivity (Wildman–Crippen MR) is 124 cm³/mol. The largest absolute Gasteiger partial charge is 0.490 e. The van der Waals surface area contributed by atoms with Gasteiger partial charge in [-0.05, 0) is 49.4 Å². The zero-order valence-electron chi connectivity index (χ0n) is 18.9. The molecule has 0 spiro atoms. The molecule has 0 aliphatic carbocycles. The molecule has 1 aromatic carbocycles. The standard InChI is InChI=1S/C25H32N4O3/c1-18(2)24(30)28-14-10-23(11-15-28)32-22-7-5-20(6-8-22)29(21-4-3-12-26-17-21)25(31)19-9-13-27-16-19/h3-8,12,17-19,23,27H,9-11,13-16H2,1-2H3/t19-/m0/s1. The Labute approximate surface area is 189 Å². The summed E-state index contributed by atoms with van der Waals surface area (Å²) in [4.78, 5) is 33.3. The molecule has 7 heteroatoms. The molecular weight excluding hydrogens is 404 g/mol. The van der Waals surface area contributed by atoms with Gasteiger partial charge >= 0.3 is 0 Å². The molecule has 2 saturated heterocycles. The van der Waals surface area contributed by atoms with Gasteiger partial charge < -0.3 is 15.0 Å². The van der Waals surface area contributed by atoms with Crippen molar-refractivity contribution in [1.29, 1.82) is 0 Å². The van der Waals surface area contributed by atoms with Gasteiger partial charge in [-0.25, -0.2) is 0 Å². The fraction of sp³-hybridized carbons (Fsp3) is 0.480. The Hall–Kier alpha value is -2.93. The second-order valence-electron chi connectivity index (χ2n) is 8.87. The summed E-state index contributed by atoms with van der Waals surface area (Å²) in [6.07, 6.45) is 6.02. The number of likely N-dealkylation sites (tertiary alicyclic amines) is 1. The summed E-state index contributed by atoms with van der Waals surface area (Å²) in [5.41, 5.74) is 1.57. The van der Waals surface area contributed by atoms with Crippen LogP contribution >= 0.6 is 0 Å². The van der Waals surface area contributed by atoms with E-state index in [-0.39, 0.29) is 29.8 Å². The number of anilines is 2. The first-order valence-corrected chi connectivity index (χ1v) is 11.5. The highest BCUT2D eigenvalue weighted by molar-refractivity contribution is 6.02. The van der Waals surface area contributed by atoms with Gasteiger partial charge in [0.2, 0.25) is 11.8 Å². The summed E-state index contributed by atoms with van der Waals surface area (Å²) in [6, 6.07) is 11.5. The van der Waals surface area contributed by atoms with E-state index in [1.54, 1.807) is 17.3 Å². The Kier molecular flexibility index (Phi) is 7.05. The number of aromatic nitrogens is 1. The quantitative estimate of drug-likeness (QED) is 0.751. The lowest BCUT2D eigenvalue weighted by atomic mass is 10.1. The van der Waals surface area contributed by atoms with Crippen LogP contribution in [0, 0.1) is 11.8 Å². The average Bonchev–Trinajstić information content (AvgIpc) is 3.36. The van der Waals surface area contributed by atoms with Crippen molar-refractivity contribution in [2.24, 2.45) is 11.8 Å². The van der Waals surface area contributed by atoms with E-state index < -0.39 is 0 Å². The summed E-state index contributed by atoms with van der Waals surface area (Å²) in [7, 11) is 0. The van der Waals surface area contributed by atoms with Crippen LogP contribution in [0.3, 0.4) is 0 Å².